The lowest BCUT2D eigenvalue weighted by molar-refractivity contribution is -0.116. The predicted molar refractivity (Wildman–Crippen MR) is 75.7 cm³/mol. The number of nitriles is 1. The van der Waals surface area contributed by atoms with Crippen LogP contribution in [0.25, 0.3) is 0 Å². The van der Waals surface area contributed by atoms with Crippen molar-refractivity contribution in [3.8, 4) is 6.07 Å². The van der Waals surface area contributed by atoms with Gasteiger partial charge in [0, 0.05) is 25.4 Å². The third-order valence-corrected chi connectivity index (χ3v) is 2.85. The van der Waals surface area contributed by atoms with E-state index in [9.17, 15) is 4.79 Å². The smallest absolute Gasteiger partial charge is 0.224 e. The van der Waals surface area contributed by atoms with Crippen LogP contribution in [0, 0.1) is 11.3 Å². The van der Waals surface area contributed by atoms with Gasteiger partial charge in [0.15, 0.2) is 0 Å². The molecule has 3 N–H and O–H groups in total. The van der Waals surface area contributed by atoms with Crippen molar-refractivity contribution in [1.82, 2.24) is 9.55 Å². The first kappa shape index (κ1) is 13.6. The number of nitrogen functional groups attached to an aromatic ring is 1. The van der Waals surface area contributed by atoms with Gasteiger partial charge >= 0.3 is 0 Å². The fourth-order valence-electron chi connectivity index (χ4n) is 1.84. The number of hydrogen-bond donors (Lipinski definition) is 2. The van der Waals surface area contributed by atoms with Crippen molar-refractivity contribution in [2.24, 2.45) is 0 Å². The Labute approximate surface area is 116 Å². The van der Waals surface area contributed by atoms with E-state index in [0.717, 1.165) is 0 Å². The van der Waals surface area contributed by atoms with Gasteiger partial charge in [0.2, 0.25) is 11.7 Å². The van der Waals surface area contributed by atoms with E-state index in [1.807, 2.05) is 18.2 Å². The van der Waals surface area contributed by atoms with Gasteiger partial charge in [0.05, 0.1) is 11.4 Å². The second-order valence-electron chi connectivity index (χ2n) is 4.30. The zero-order valence-corrected chi connectivity index (χ0v) is 10.9. The minimum absolute atomic E-state index is 0.0958. The Morgan fingerprint density at radius 1 is 1.45 bits per heavy atom. The molecule has 0 spiro atoms. The van der Waals surface area contributed by atoms with Crippen molar-refractivity contribution in [3.05, 3.63) is 42.5 Å². The van der Waals surface area contributed by atoms with Crippen LogP contribution < -0.4 is 11.1 Å². The van der Waals surface area contributed by atoms with Gasteiger partial charge in [-0.1, -0.05) is 12.1 Å². The minimum atomic E-state index is -0.0958. The molecule has 0 aliphatic rings. The molecule has 6 nitrogen and oxygen atoms in total. The summed E-state index contributed by atoms with van der Waals surface area (Å²) in [5, 5.41) is 11.6. The van der Waals surface area contributed by atoms with Crippen LogP contribution in [-0.2, 0) is 11.3 Å². The molecule has 102 valence electrons. The normalized spacial score (nSPS) is 9.95. The highest BCUT2D eigenvalue weighted by Gasteiger charge is 2.06. The lowest BCUT2D eigenvalue weighted by Gasteiger charge is -2.08. The molecule has 0 bridgehead atoms. The molecule has 0 saturated heterocycles. The standard InChI is InChI=1S/C14H15N5O/c15-10-13-17-7-9-19(13)8-3-6-14(20)18-12-5-2-1-4-11(12)16/h1-2,4-5,7,9H,3,6,8,16H2,(H,18,20). The molecule has 1 aromatic heterocycles. The molecule has 0 fully saturated rings. The summed E-state index contributed by atoms with van der Waals surface area (Å²) in [6, 6.07) is 9.12. The van der Waals surface area contributed by atoms with Crippen LogP contribution in [0.4, 0.5) is 11.4 Å². The first-order valence-electron chi connectivity index (χ1n) is 6.26. The van der Waals surface area contributed by atoms with Gasteiger partial charge in [0.1, 0.15) is 6.07 Å². The highest BCUT2D eigenvalue weighted by molar-refractivity contribution is 5.93. The third-order valence-electron chi connectivity index (χ3n) is 2.85. The molecule has 1 heterocycles. The Balaban J connectivity index is 1.82. The van der Waals surface area contributed by atoms with E-state index >= 15 is 0 Å². The molecule has 0 unspecified atom stereocenters. The van der Waals surface area contributed by atoms with Gasteiger partial charge in [-0.2, -0.15) is 5.26 Å². The molecule has 1 amide bonds. The van der Waals surface area contributed by atoms with E-state index in [4.69, 9.17) is 11.0 Å². The Kier molecular flexibility index (Phi) is 4.35. The van der Waals surface area contributed by atoms with Gasteiger partial charge in [0.25, 0.3) is 0 Å². The van der Waals surface area contributed by atoms with E-state index in [1.54, 1.807) is 29.1 Å². The van der Waals surface area contributed by atoms with E-state index in [0.29, 0.717) is 36.6 Å². The van der Waals surface area contributed by atoms with Crippen molar-refractivity contribution in [3.63, 3.8) is 0 Å². The van der Waals surface area contributed by atoms with E-state index in [-0.39, 0.29) is 5.91 Å². The lowest BCUT2D eigenvalue weighted by Crippen LogP contribution is -2.13. The number of para-hydroxylation sites is 2. The number of anilines is 2. The Morgan fingerprint density at radius 3 is 3.00 bits per heavy atom. The zero-order valence-electron chi connectivity index (χ0n) is 10.9. The topological polar surface area (TPSA) is 96.7 Å². The highest BCUT2D eigenvalue weighted by Crippen LogP contribution is 2.17. The first-order valence-corrected chi connectivity index (χ1v) is 6.26. The number of carbonyl (C=O) groups is 1. The number of hydrogen-bond acceptors (Lipinski definition) is 4. The fourth-order valence-corrected chi connectivity index (χ4v) is 1.84. The average molecular weight is 269 g/mol. The molecule has 0 aliphatic heterocycles. The van der Waals surface area contributed by atoms with Crippen molar-refractivity contribution in [1.29, 1.82) is 5.26 Å². The molecule has 2 aromatic rings. The number of rotatable bonds is 5. The summed E-state index contributed by atoms with van der Waals surface area (Å²) in [5.41, 5.74) is 6.92. The van der Waals surface area contributed by atoms with Crippen LogP contribution in [0.2, 0.25) is 0 Å². The maximum Gasteiger partial charge on any atom is 0.224 e. The number of carbonyl (C=O) groups excluding carboxylic acids is 1. The van der Waals surface area contributed by atoms with Crippen molar-refractivity contribution < 1.29 is 4.79 Å². The van der Waals surface area contributed by atoms with Gasteiger partial charge in [-0.05, 0) is 18.6 Å². The SMILES string of the molecule is N#Cc1nccn1CCCC(=O)Nc1ccccc1N. The van der Waals surface area contributed by atoms with Crippen molar-refractivity contribution in [2.45, 2.75) is 19.4 Å². The number of amides is 1. The Morgan fingerprint density at radius 2 is 2.25 bits per heavy atom. The average Bonchev–Trinajstić information content (AvgIpc) is 2.89. The first-order chi connectivity index (χ1) is 9.70. The number of imidazole rings is 1. The van der Waals surface area contributed by atoms with E-state index in [2.05, 4.69) is 10.3 Å². The van der Waals surface area contributed by atoms with E-state index in [1.165, 1.54) is 0 Å². The molecule has 0 saturated carbocycles. The molecule has 2 rings (SSSR count). The summed E-state index contributed by atoms with van der Waals surface area (Å²) in [5.74, 6) is 0.263. The van der Waals surface area contributed by atoms with Gasteiger partial charge in [-0.3, -0.25) is 4.79 Å². The van der Waals surface area contributed by atoms with Crippen molar-refractivity contribution >= 4 is 17.3 Å². The summed E-state index contributed by atoms with van der Waals surface area (Å²) in [6.45, 7) is 0.584. The van der Waals surface area contributed by atoms with Crippen molar-refractivity contribution in [2.75, 3.05) is 11.1 Å². The molecule has 20 heavy (non-hydrogen) atoms. The van der Waals surface area contributed by atoms with Gasteiger partial charge < -0.3 is 15.6 Å². The summed E-state index contributed by atoms with van der Waals surface area (Å²) in [7, 11) is 0. The fraction of sp³-hybridized carbons (Fsp3) is 0.214. The maximum atomic E-state index is 11.8. The molecular formula is C14H15N5O. The molecule has 0 radical (unpaired) electrons. The number of nitrogens with one attached hydrogen (secondary N) is 1. The summed E-state index contributed by atoms with van der Waals surface area (Å²) in [6.07, 6.45) is 4.29. The van der Waals surface area contributed by atoms with Crippen LogP contribution >= 0.6 is 0 Å². The number of benzene rings is 1. The van der Waals surface area contributed by atoms with Crippen LogP contribution in [0.15, 0.2) is 36.7 Å². The lowest BCUT2D eigenvalue weighted by atomic mass is 10.2. The molecule has 0 aliphatic carbocycles. The number of aromatic nitrogens is 2. The molecule has 6 heteroatoms. The summed E-state index contributed by atoms with van der Waals surface area (Å²) < 4.78 is 1.73. The van der Waals surface area contributed by atoms with Gasteiger partial charge in [-0.15, -0.1) is 0 Å². The summed E-state index contributed by atoms with van der Waals surface area (Å²) >= 11 is 0. The number of aryl methyl sites for hydroxylation is 1. The van der Waals surface area contributed by atoms with Crippen LogP contribution in [0.5, 0.6) is 0 Å². The van der Waals surface area contributed by atoms with E-state index < -0.39 is 0 Å². The van der Waals surface area contributed by atoms with Gasteiger partial charge in [-0.25, -0.2) is 4.98 Å². The monoisotopic (exact) mass is 269 g/mol. The molecule has 1 aromatic carbocycles. The Bertz CT molecular complexity index is 641. The highest BCUT2D eigenvalue weighted by atomic mass is 16.1. The quantitative estimate of drug-likeness (QED) is 0.808. The minimum Gasteiger partial charge on any atom is -0.397 e. The number of nitrogens with two attached hydrogens (primary N) is 1. The number of nitrogens with zero attached hydrogens (tertiary/aromatic N) is 3. The maximum absolute atomic E-state index is 11.8. The van der Waals surface area contributed by atoms with Crippen LogP contribution in [0.3, 0.4) is 0 Å². The third kappa shape index (κ3) is 3.36. The van der Waals surface area contributed by atoms with Crippen LogP contribution in [-0.4, -0.2) is 15.5 Å². The second kappa shape index (κ2) is 6.38. The molecular weight excluding hydrogens is 254 g/mol. The predicted octanol–water partition coefficient (Wildman–Crippen LogP) is 1.76. The largest absolute Gasteiger partial charge is 0.397 e. The zero-order chi connectivity index (χ0) is 14.4. The molecule has 0 atom stereocenters. The Hall–Kier alpha value is -2.81. The van der Waals surface area contributed by atoms with Crippen LogP contribution in [0.1, 0.15) is 18.7 Å². The second-order valence-corrected chi connectivity index (χ2v) is 4.30. The summed E-state index contributed by atoms with van der Waals surface area (Å²) in [4.78, 5) is 15.7.